The van der Waals surface area contributed by atoms with Crippen molar-refractivity contribution in [2.24, 2.45) is 0 Å². The van der Waals surface area contributed by atoms with Gasteiger partial charge < -0.3 is 20.1 Å². The number of halogens is 5. The lowest BCUT2D eigenvalue weighted by molar-refractivity contribution is 0.108. The minimum atomic E-state index is -1.79. The highest BCUT2D eigenvalue weighted by Crippen LogP contribution is 2.42. The molecule has 12 heteroatoms. The summed E-state index contributed by atoms with van der Waals surface area (Å²) < 4.78 is 65.5. The van der Waals surface area contributed by atoms with Gasteiger partial charge >= 0.3 is 6.01 Å². The average Bonchev–Trinajstić information content (AvgIpc) is 3.72. The number of piperazine rings is 1. The number of ether oxygens (including phenoxy) is 1. The second kappa shape index (κ2) is 12.7. The van der Waals surface area contributed by atoms with Gasteiger partial charge in [0.25, 0.3) is 6.08 Å². The summed E-state index contributed by atoms with van der Waals surface area (Å²) in [5.74, 6) is 0.609. The Morgan fingerprint density at radius 1 is 1.20 bits per heavy atom. The van der Waals surface area contributed by atoms with Crippen molar-refractivity contribution in [1.82, 2.24) is 20.2 Å². The maximum Gasteiger partial charge on any atom is 0.319 e. The summed E-state index contributed by atoms with van der Waals surface area (Å²) in [7, 11) is 0. The third-order valence-electron chi connectivity index (χ3n) is 10.6. The molecular weight excluding hydrogens is 658 g/mol. The van der Waals surface area contributed by atoms with Crippen molar-refractivity contribution in [3.05, 3.63) is 64.0 Å². The molecule has 0 amide bonds. The van der Waals surface area contributed by atoms with Crippen LogP contribution in [0.1, 0.15) is 45.4 Å². The summed E-state index contributed by atoms with van der Waals surface area (Å²) in [5.41, 5.74) is -1.61. The lowest BCUT2D eigenvalue weighted by atomic mass is 9.95. The molecule has 7 rings (SSSR count). The second-order valence-electron chi connectivity index (χ2n) is 13.5. The van der Waals surface area contributed by atoms with E-state index in [1.165, 1.54) is 18.2 Å². The summed E-state index contributed by atoms with van der Waals surface area (Å²) >= 11 is 6.87. The molecule has 3 aromatic rings. The largest absolute Gasteiger partial charge is 0.508 e. The van der Waals surface area contributed by atoms with E-state index in [1.807, 2.05) is 4.90 Å². The van der Waals surface area contributed by atoms with Gasteiger partial charge in [-0.2, -0.15) is 18.7 Å². The number of aromatic hydroxyl groups is 1. The van der Waals surface area contributed by atoms with Gasteiger partial charge in [-0.3, -0.25) is 4.90 Å². The molecule has 1 unspecified atom stereocenters. The Bertz CT molecular complexity index is 2070. The van der Waals surface area contributed by atoms with Gasteiger partial charge in [0.05, 0.1) is 21.7 Å². The Kier molecular flexibility index (Phi) is 8.62. The Morgan fingerprint density at radius 2 is 1.96 bits per heavy atom. The van der Waals surface area contributed by atoms with Crippen molar-refractivity contribution >= 4 is 40.0 Å². The highest BCUT2D eigenvalue weighted by molar-refractivity contribution is 6.34. The summed E-state index contributed by atoms with van der Waals surface area (Å²) in [6.45, 7) is 7.90. The third-order valence-corrected chi connectivity index (χ3v) is 10.9. The zero-order chi connectivity index (χ0) is 34.7. The van der Waals surface area contributed by atoms with Crippen LogP contribution in [0.25, 0.3) is 33.7 Å². The molecule has 7 nitrogen and oxygen atoms in total. The zero-order valence-corrected chi connectivity index (χ0v) is 27.8. The summed E-state index contributed by atoms with van der Waals surface area (Å²) in [6.07, 6.45) is 11.7. The number of nitrogens with one attached hydrogen (secondary N) is 1. The Labute approximate surface area is 286 Å². The van der Waals surface area contributed by atoms with E-state index in [2.05, 4.69) is 27.7 Å². The minimum Gasteiger partial charge on any atom is -0.508 e. The van der Waals surface area contributed by atoms with Gasteiger partial charge in [-0.15, -0.1) is 6.42 Å². The standard InChI is InChI=1S/C37H36ClF4N5O2/c1-4-22-14-24(48)15-26(30(22)25(5-2)21(3)39)31-28(38)16-27-33(32(31)42)43-35(49-20-37-9-6-12-47(37)13-7-10-37)44-34(27)46-18-23-8-11-36(19-46,45-23)17-29(40)41/h2,4,14-17,23,45,48H,3,6-13,18-20H2,1H3/b22-4-,30-25+/t23-,36?/m1/s1. The maximum atomic E-state index is 17.2. The monoisotopic (exact) mass is 693 g/mol. The number of fused-ring (bicyclic) bond motifs is 4. The number of terminal acetylenes is 1. The molecule has 256 valence electrons. The fourth-order valence-corrected chi connectivity index (χ4v) is 8.75. The number of rotatable bonds is 7. The van der Waals surface area contributed by atoms with Gasteiger partial charge in [0, 0.05) is 41.4 Å². The number of allylic oxidation sites excluding steroid dienone is 1. The minimum absolute atomic E-state index is 0.0426. The fourth-order valence-electron chi connectivity index (χ4n) is 8.46. The molecule has 5 heterocycles. The summed E-state index contributed by atoms with van der Waals surface area (Å²) in [4.78, 5) is 13.6. The first-order valence-corrected chi connectivity index (χ1v) is 16.8. The van der Waals surface area contributed by atoms with Crippen LogP contribution in [0.5, 0.6) is 11.8 Å². The number of anilines is 1. The van der Waals surface area contributed by atoms with Gasteiger partial charge in [-0.1, -0.05) is 30.2 Å². The SMILES string of the molecule is C#C/C(C(=C)F)=c1\c(-c2c(Cl)cc3c(N4C[C@H]5CCC(C=C(F)F)(C4)N5)nc(OCC45CCCN4CCC5)nc3c2F)cc(O)c\c1=C\C. The van der Waals surface area contributed by atoms with Crippen molar-refractivity contribution < 1.29 is 27.4 Å². The van der Waals surface area contributed by atoms with E-state index in [0.29, 0.717) is 37.0 Å². The van der Waals surface area contributed by atoms with Crippen LogP contribution in [0.2, 0.25) is 5.02 Å². The Morgan fingerprint density at radius 3 is 2.63 bits per heavy atom. The molecule has 2 bridgehead atoms. The van der Waals surface area contributed by atoms with Crippen LogP contribution in [-0.2, 0) is 0 Å². The van der Waals surface area contributed by atoms with E-state index in [4.69, 9.17) is 27.7 Å². The van der Waals surface area contributed by atoms with Crippen molar-refractivity contribution in [2.75, 3.05) is 37.7 Å². The average molecular weight is 694 g/mol. The zero-order valence-electron chi connectivity index (χ0n) is 27.1. The number of phenolic OH excluding ortho intramolecular Hbond substituents is 1. The first-order chi connectivity index (χ1) is 23.5. The number of aromatic nitrogens is 2. The highest BCUT2D eigenvalue weighted by Gasteiger charge is 2.46. The molecule has 4 saturated heterocycles. The fraction of sp³-hybridized carbons (Fsp3) is 0.405. The first-order valence-electron chi connectivity index (χ1n) is 16.5. The van der Waals surface area contributed by atoms with Crippen LogP contribution in [0.3, 0.4) is 0 Å². The van der Waals surface area contributed by atoms with Crippen LogP contribution < -0.4 is 25.4 Å². The number of phenols is 1. The molecule has 0 aliphatic carbocycles. The van der Waals surface area contributed by atoms with Crippen molar-refractivity contribution in [1.29, 1.82) is 0 Å². The van der Waals surface area contributed by atoms with Crippen molar-refractivity contribution in [3.8, 4) is 35.2 Å². The van der Waals surface area contributed by atoms with Crippen LogP contribution in [0, 0.1) is 18.2 Å². The van der Waals surface area contributed by atoms with Gasteiger partial charge in [0.1, 0.15) is 29.5 Å². The lowest BCUT2D eigenvalue weighted by Crippen LogP contribution is -2.59. The van der Waals surface area contributed by atoms with Crippen LogP contribution in [0.15, 0.2) is 42.8 Å². The van der Waals surface area contributed by atoms with E-state index in [1.54, 1.807) is 13.0 Å². The normalized spacial score (nSPS) is 23.8. The molecule has 2 aromatic carbocycles. The highest BCUT2D eigenvalue weighted by atomic mass is 35.5. The summed E-state index contributed by atoms with van der Waals surface area (Å²) in [6, 6.07) is 4.00. The first kappa shape index (κ1) is 33.4. The maximum absolute atomic E-state index is 17.2. The van der Waals surface area contributed by atoms with Gasteiger partial charge in [-0.25, -0.2) is 8.78 Å². The molecular formula is C37H36ClF4N5O2. The molecule has 2 N–H and O–H groups in total. The molecule has 4 aliphatic heterocycles. The predicted molar refractivity (Wildman–Crippen MR) is 183 cm³/mol. The Balaban J connectivity index is 1.44. The van der Waals surface area contributed by atoms with Crippen LogP contribution in [-0.4, -0.2) is 69.9 Å². The van der Waals surface area contributed by atoms with Gasteiger partial charge in [-0.05, 0) is 87.5 Å². The van der Waals surface area contributed by atoms with E-state index < -0.39 is 23.3 Å². The number of nitrogens with zero attached hydrogens (tertiary/aromatic N) is 4. The molecule has 4 aliphatic rings. The Hall–Kier alpha value is -4.11. The topological polar surface area (TPSA) is 73.8 Å². The second-order valence-corrected chi connectivity index (χ2v) is 13.9. The molecule has 0 radical (unpaired) electrons. The number of hydrogen-bond acceptors (Lipinski definition) is 7. The predicted octanol–water partition coefficient (Wildman–Crippen LogP) is 5.96. The molecule has 0 saturated carbocycles. The third kappa shape index (κ3) is 5.83. The van der Waals surface area contributed by atoms with Gasteiger partial charge in [0.2, 0.25) is 0 Å². The molecule has 1 aromatic heterocycles. The smallest absolute Gasteiger partial charge is 0.319 e. The molecule has 4 fully saturated rings. The quantitative estimate of drug-likeness (QED) is 0.234. The van der Waals surface area contributed by atoms with Crippen LogP contribution in [0.4, 0.5) is 23.4 Å². The summed E-state index contributed by atoms with van der Waals surface area (Å²) in [5, 5.41) is 14.6. The van der Waals surface area contributed by atoms with Crippen LogP contribution >= 0.6 is 11.6 Å². The van der Waals surface area contributed by atoms with E-state index in [-0.39, 0.29) is 67.7 Å². The van der Waals surface area contributed by atoms with Gasteiger partial charge in [0.15, 0.2) is 5.82 Å². The van der Waals surface area contributed by atoms with E-state index in [9.17, 15) is 18.3 Å². The molecule has 2 atom stereocenters. The van der Waals surface area contributed by atoms with Crippen molar-refractivity contribution in [3.63, 3.8) is 0 Å². The number of hydrogen-bond donors (Lipinski definition) is 2. The molecule has 49 heavy (non-hydrogen) atoms. The number of benzene rings is 2. The van der Waals surface area contributed by atoms with E-state index in [0.717, 1.165) is 44.8 Å². The molecule has 0 spiro atoms. The van der Waals surface area contributed by atoms with Crippen molar-refractivity contribution in [2.45, 2.75) is 62.6 Å². The lowest BCUT2D eigenvalue weighted by Gasteiger charge is -2.40. The van der Waals surface area contributed by atoms with E-state index >= 15 is 4.39 Å².